The van der Waals surface area contributed by atoms with E-state index in [1.807, 2.05) is 6.07 Å². The van der Waals surface area contributed by atoms with Crippen LogP contribution in [0.1, 0.15) is 6.42 Å². The summed E-state index contributed by atoms with van der Waals surface area (Å²) < 4.78 is 0. The Morgan fingerprint density at radius 3 is 3.00 bits per heavy atom. The standard InChI is InChI=1S/C6H4Cl2N2/c7-4-1-5(8)6(2-9)10-3-4/h3-4H,1H2. The highest BCUT2D eigenvalue weighted by Gasteiger charge is 2.12. The van der Waals surface area contributed by atoms with Gasteiger partial charge in [0.05, 0.1) is 10.4 Å². The van der Waals surface area contributed by atoms with Crippen molar-refractivity contribution < 1.29 is 0 Å². The molecule has 1 aliphatic heterocycles. The molecule has 0 saturated carbocycles. The largest absolute Gasteiger partial charge is 0.247 e. The molecule has 0 amide bonds. The van der Waals surface area contributed by atoms with Crippen molar-refractivity contribution in [3.05, 3.63) is 10.7 Å². The van der Waals surface area contributed by atoms with Crippen LogP contribution in [0.25, 0.3) is 0 Å². The van der Waals surface area contributed by atoms with Crippen molar-refractivity contribution in [2.75, 3.05) is 0 Å². The molecular formula is C6H4Cl2N2. The predicted octanol–water partition coefficient (Wildman–Crippen LogP) is 2.04. The average Bonchev–Trinajstić information content (AvgIpc) is 1.88. The van der Waals surface area contributed by atoms with Gasteiger partial charge in [0.1, 0.15) is 6.07 Å². The number of nitrogens with zero attached hydrogens (tertiary/aromatic N) is 2. The number of nitriles is 1. The number of alkyl halides is 1. The van der Waals surface area contributed by atoms with Crippen LogP contribution in [0, 0.1) is 11.3 Å². The van der Waals surface area contributed by atoms with E-state index in [0.717, 1.165) is 0 Å². The molecule has 10 heavy (non-hydrogen) atoms. The summed E-state index contributed by atoms with van der Waals surface area (Å²) >= 11 is 11.3. The van der Waals surface area contributed by atoms with E-state index in [1.165, 1.54) is 6.21 Å². The number of hydrogen-bond acceptors (Lipinski definition) is 2. The Labute approximate surface area is 68.8 Å². The van der Waals surface area contributed by atoms with Crippen molar-refractivity contribution in [3.63, 3.8) is 0 Å². The maximum absolute atomic E-state index is 8.40. The van der Waals surface area contributed by atoms with Crippen LogP contribution in [0.15, 0.2) is 15.7 Å². The van der Waals surface area contributed by atoms with E-state index in [2.05, 4.69) is 4.99 Å². The minimum absolute atomic E-state index is 0.162. The van der Waals surface area contributed by atoms with E-state index in [-0.39, 0.29) is 11.1 Å². The molecule has 1 heterocycles. The average molecular weight is 175 g/mol. The van der Waals surface area contributed by atoms with E-state index in [9.17, 15) is 0 Å². The van der Waals surface area contributed by atoms with Crippen LogP contribution in [0.3, 0.4) is 0 Å². The van der Waals surface area contributed by atoms with Crippen molar-refractivity contribution in [2.24, 2.45) is 4.99 Å². The van der Waals surface area contributed by atoms with Gasteiger partial charge in [-0.15, -0.1) is 11.6 Å². The fourth-order valence-electron chi connectivity index (χ4n) is 0.636. The minimum Gasteiger partial charge on any atom is -0.247 e. The molecule has 0 aromatic rings. The molecule has 0 N–H and O–H groups in total. The maximum atomic E-state index is 8.40. The highest BCUT2D eigenvalue weighted by molar-refractivity contribution is 6.34. The number of halogens is 2. The second-order valence-corrected chi connectivity index (χ2v) is 2.88. The van der Waals surface area contributed by atoms with E-state index in [0.29, 0.717) is 11.5 Å². The summed E-state index contributed by atoms with van der Waals surface area (Å²) in [5, 5.41) is 8.69. The molecule has 2 nitrogen and oxygen atoms in total. The van der Waals surface area contributed by atoms with Crippen LogP contribution < -0.4 is 0 Å². The van der Waals surface area contributed by atoms with E-state index in [4.69, 9.17) is 28.5 Å². The predicted molar refractivity (Wildman–Crippen MR) is 41.2 cm³/mol. The van der Waals surface area contributed by atoms with Crippen molar-refractivity contribution in [3.8, 4) is 6.07 Å². The number of hydrogen-bond donors (Lipinski definition) is 0. The van der Waals surface area contributed by atoms with Crippen LogP contribution in [0.4, 0.5) is 0 Å². The van der Waals surface area contributed by atoms with Gasteiger partial charge in [0.15, 0.2) is 5.70 Å². The Balaban J connectivity index is 2.86. The molecule has 0 saturated heterocycles. The maximum Gasteiger partial charge on any atom is 0.154 e. The number of allylic oxidation sites excluding steroid dienone is 2. The first-order valence-electron chi connectivity index (χ1n) is 2.71. The molecule has 1 atom stereocenters. The van der Waals surface area contributed by atoms with E-state index < -0.39 is 0 Å². The summed E-state index contributed by atoms with van der Waals surface area (Å²) in [5.41, 5.74) is 0.276. The van der Waals surface area contributed by atoms with Crippen molar-refractivity contribution in [1.82, 2.24) is 0 Å². The van der Waals surface area contributed by atoms with Gasteiger partial charge in [0.2, 0.25) is 0 Å². The molecule has 1 rings (SSSR count). The van der Waals surface area contributed by atoms with Gasteiger partial charge in [0.25, 0.3) is 0 Å². The third-order valence-corrected chi connectivity index (χ3v) is 1.70. The zero-order chi connectivity index (χ0) is 7.56. The van der Waals surface area contributed by atoms with Gasteiger partial charge in [-0.3, -0.25) is 0 Å². The monoisotopic (exact) mass is 174 g/mol. The Morgan fingerprint density at radius 2 is 2.50 bits per heavy atom. The van der Waals surface area contributed by atoms with Crippen LogP contribution >= 0.6 is 23.2 Å². The highest BCUT2D eigenvalue weighted by atomic mass is 35.5. The lowest BCUT2D eigenvalue weighted by Crippen LogP contribution is -2.05. The molecule has 0 bridgehead atoms. The Bertz CT molecular complexity index is 237. The quantitative estimate of drug-likeness (QED) is 0.519. The molecule has 1 unspecified atom stereocenters. The molecule has 0 aliphatic carbocycles. The lowest BCUT2D eigenvalue weighted by Gasteiger charge is -2.07. The van der Waals surface area contributed by atoms with Crippen molar-refractivity contribution in [2.45, 2.75) is 11.8 Å². The molecule has 0 fully saturated rings. The third kappa shape index (κ3) is 1.50. The summed E-state index contributed by atoms with van der Waals surface area (Å²) in [7, 11) is 0. The van der Waals surface area contributed by atoms with Crippen molar-refractivity contribution >= 4 is 29.4 Å². The molecular weight excluding hydrogens is 171 g/mol. The minimum atomic E-state index is -0.162. The summed E-state index contributed by atoms with van der Waals surface area (Å²) in [5.74, 6) is 0. The van der Waals surface area contributed by atoms with Gasteiger partial charge in [-0.1, -0.05) is 11.6 Å². The van der Waals surface area contributed by atoms with Crippen molar-refractivity contribution in [1.29, 1.82) is 5.26 Å². The molecule has 52 valence electrons. The van der Waals surface area contributed by atoms with Gasteiger partial charge in [-0.2, -0.15) is 5.26 Å². The first kappa shape index (κ1) is 7.59. The second-order valence-electron chi connectivity index (χ2n) is 1.86. The Morgan fingerprint density at radius 1 is 1.80 bits per heavy atom. The first-order valence-corrected chi connectivity index (χ1v) is 3.52. The summed E-state index contributed by atoms with van der Waals surface area (Å²) in [6.45, 7) is 0. The molecule has 0 radical (unpaired) electrons. The van der Waals surface area contributed by atoms with Crippen LogP contribution in [-0.2, 0) is 0 Å². The van der Waals surface area contributed by atoms with E-state index >= 15 is 0 Å². The molecule has 1 aliphatic rings. The fraction of sp³-hybridized carbons (Fsp3) is 0.333. The number of rotatable bonds is 0. The summed E-state index contributed by atoms with van der Waals surface area (Å²) in [4.78, 5) is 3.74. The van der Waals surface area contributed by atoms with Crippen LogP contribution in [0.2, 0.25) is 0 Å². The first-order chi connectivity index (χ1) is 4.74. The molecule has 0 spiro atoms. The van der Waals surface area contributed by atoms with E-state index in [1.54, 1.807) is 0 Å². The number of aliphatic imine (C=N–C) groups is 1. The molecule has 0 aromatic heterocycles. The third-order valence-electron chi connectivity index (χ3n) is 1.10. The summed E-state index contributed by atoms with van der Waals surface area (Å²) in [6, 6.07) is 1.87. The second kappa shape index (κ2) is 3.05. The normalized spacial score (nSPS) is 24.7. The lowest BCUT2D eigenvalue weighted by molar-refractivity contribution is 1.05. The lowest BCUT2D eigenvalue weighted by atomic mass is 10.2. The van der Waals surface area contributed by atoms with Gasteiger partial charge in [-0.25, -0.2) is 4.99 Å². The zero-order valence-corrected chi connectivity index (χ0v) is 6.52. The smallest absolute Gasteiger partial charge is 0.154 e. The molecule has 4 heteroatoms. The van der Waals surface area contributed by atoms with Crippen LogP contribution in [0.5, 0.6) is 0 Å². The zero-order valence-electron chi connectivity index (χ0n) is 5.01. The SMILES string of the molecule is N#CC1=C(Cl)CC(Cl)C=N1. The van der Waals surface area contributed by atoms with Gasteiger partial charge in [-0.05, 0) is 0 Å². The molecule has 0 aromatic carbocycles. The fourth-order valence-corrected chi connectivity index (χ4v) is 1.18. The Hall–Kier alpha value is -0.520. The highest BCUT2D eigenvalue weighted by Crippen LogP contribution is 2.22. The topological polar surface area (TPSA) is 36.1 Å². The van der Waals surface area contributed by atoms with Gasteiger partial charge < -0.3 is 0 Å². The van der Waals surface area contributed by atoms with Gasteiger partial charge >= 0.3 is 0 Å². The van der Waals surface area contributed by atoms with Crippen LogP contribution in [-0.4, -0.2) is 11.6 Å². The summed E-state index contributed by atoms with van der Waals surface area (Å²) in [6.07, 6.45) is 2.03. The Kier molecular flexibility index (Phi) is 2.31. The van der Waals surface area contributed by atoms with Gasteiger partial charge in [0, 0.05) is 12.6 Å².